The van der Waals surface area contributed by atoms with Crippen molar-refractivity contribution in [2.45, 2.75) is 64.1 Å². The monoisotopic (exact) mass is 570 g/mol. The number of ether oxygens (including phenoxy) is 1. The highest BCUT2D eigenvalue weighted by Gasteiger charge is 2.49. The number of halogens is 1. The van der Waals surface area contributed by atoms with E-state index in [1.54, 1.807) is 21.9 Å². The molecule has 0 saturated carbocycles. The Balaban J connectivity index is 0.00000156. The van der Waals surface area contributed by atoms with Crippen molar-refractivity contribution in [2.75, 3.05) is 29.9 Å². The maximum atomic E-state index is 13.6. The van der Waals surface area contributed by atoms with Crippen LogP contribution in [0.2, 0.25) is 0 Å². The van der Waals surface area contributed by atoms with E-state index in [-0.39, 0.29) is 24.1 Å². The molecule has 198 valence electrons. The summed E-state index contributed by atoms with van der Waals surface area (Å²) in [7, 11) is 1.50. The number of nitrogens with two attached hydrogens (primary N) is 1. The molecule has 2 aromatic carbocycles. The Kier molecular flexibility index (Phi) is 7.16. The van der Waals surface area contributed by atoms with E-state index < -0.39 is 11.0 Å². The Morgan fingerprint density at radius 1 is 1.11 bits per heavy atom. The molecule has 2 N–H and O–H groups in total. The SMILES string of the molecule is CC(C)(C)OC(=O)N1CC2CC(C1)N2c1ccc2c(c1)N(c1cccc(Br)c1C=O)C(=O)C2(C)C.CN. The first-order valence-electron chi connectivity index (χ1n) is 12.5. The van der Waals surface area contributed by atoms with Crippen molar-refractivity contribution < 1.29 is 19.1 Å². The highest BCUT2D eigenvalue weighted by atomic mass is 79.9. The lowest BCUT2D eigenvalue weighted by Gasteiger charge is -2.57. The lowest BCUT2D eigenvalue weighted by Crippen LogP contribution is -2.70. The van der Waals surface area contributed by atoms with Crippen LogP contribution in [0.15, 0.2) is 40.9 Å². The molecule has 3 fully saturated rings. The summed E-state index contributed by atoms with van der Waals surface area (Å²) in [5, 5.41) is 0. The molecule has 4 aliphatic heterocycles. The minimum Gasteiger partial charge on any atom is -0.444 e. The van der Waals surface area contributed by atoms with Gasteiger partial charge in [-0.3, -0.25) is 14.5 Å². The van der Waals surface area contributed by atoms with E-state index in [1.165, 1.54) is 7.05 Å². The van der Waals surface area contributed by atoms with Crippen molar-refractivity contribution in [3.63, 3.8) is 0 Å². The lowest BCUT2D eigenvalue weighted by atomic mass is 9.84. The molecule has 37 heavy (non-hydrogen) atoms. The maximum Gasteiger partial charge on any atom is 0.410 e. The third-order valence-corrected chi connectivity index (χ3v) is 7.86. The molecule has 2 amide bonds. The molecular formula is C28H35BrN4O4. The zero-order valence-corrected chi connectivity index (χ0v) is 23.8. The van der Waals surface area contributed by atoms with Crippen LogP contribution >= 0.6 is 15.9 Å². The molecule has 0 aromatic heterocycles. The predicted molar refractivity (Wildman–Crippen MR) is 149 cm³/mol. The van der Waals surface area contributed by atoms with Crippen LogP contribution in [0.25, 0.3) is 0 Å². The first-order chi connectivity index (χ1) is 17.4. The fraction of sp³-hybridized carbons (Fsp3) is 0.464. The van der Waals surface area contributed by atoms with Gasteiger partial charge in [-0.2, -0.15) is 0 Å². The van der Waals surface area contributed by atoms with E-state index in [1.807, 2.05) is 46.8 Å². The van der Waals surface area contributed by atoms with Crippen LogP contribution in [-0.2, 0) is 14.9 Å². The number of nitrogens with zero attached hydrogens (tertiary/aromatic N) is 3. The highest BCUT2D eigenvalue weighted by Crippen LogP contribution is 2.49. The van der Waals surface area contributed by atoms with Crippen LogP contribution in [0.3, 0.4) is 0 Å². The predicted octanol–water partition coefficient (Wildman–Crippen LogP) is 4.99. The molecule has 2 unspecified atom stereocenters. The second-order valence-electron chi connectivity index (χ2n) is 11.1. The molecule has 2 bridgehead atoms. The number of benzene rings is 2. The zero-order chi connectivity index (χ0) is 27.3. The fourth-order valence-electron chi connectivity index (χ4n) is 5.48. The molecule has 4 heterocycles. The average Bonchev–Trinajstić information content (AvgIpc) is 3.03. The number of carbonyl (C=O) groups excluding carboxylic acids is 3. The number of hydrogen-bond donors (Lipinski definition) is 1. The number of rotatable bonds is 3. The molecule has 8 nitrogen and oxygen atoms in total. The summed E-state index contributed by atoms with van der Waals surface area (Å²) in [6.45, 7) is 10.7. The standard InChI is InChI=1S/C27H30BrN3O4.CH5N/c1-26(2,3)35-25(34)29-13-17-11-18(14-29)30(17)16-9-10-20-23(12-16)31(24(33)27(20,4)5)22-8-6-7-21(28)19(22)15-32;1-2/h6-10,12,15,17-18H,11,13-14H2,1-5H3;2H2,1H3. The van der Waals surface area contributed by atoms with E-state index in [0.717, 1.165) is 29.6 Å². The molecule has 3 saturated heterocycles. The third-order valence-electron chi connectivity index (χ3n) is 7.17. The van der Waals surface area contributed by atoms with Crippen LogP contribution in [0.4, 0.5) is 21.9 Å². The molecule has 0 radical (unpaired) electrons. The zero-order valence-electron chi connectivity index (χ0n) is 22.2. The molecule has 4 aliphatic rings. The summed E-state index contributed by atoms with van der Waals surface area (Å²) in [5.74, 6) is -0.0641. The second-order valence-corrected chi connectivity index (χ2v) is 11.9. The van der Waals surface area contributed by atoms with Gasteiger partial charge in [0, 0.05) is 35.3 Å². The van der Waals surface area contributed by atoms with Crippen LogP contribution in [0.1, 0.15) is 57.0 Å². The Morgan fingerprint density at radius 2 is 1.76 bits per heavy atom. The van der Waals surface area contributed by atoms with Crippen molar-refractivity contribution >= 4 is 51.3 Å². The van der Waals surface area contributed by atoms with E-state index >= 15 is 0 Å². The quantitative estimate of drug-likeness (QED) is 0.522. The van der Waals surface area contributed by atoms with E-state index in [2.05, 4.69) is 38.7 Å². The van der Waals surface area contributed by atoms with Gasteiger partial charge in [-0.05, 0) is 93.8 Å². The van der Waals surface area contributed by atoms with E-state index in [9.17, 15) is 14.4 Å². The average molecular weight is 572 g/mol. The smallest absolute Gasteiger partial charge is 0.410 e. The van der Waals surface area contributed by atoms with Gasteiger partial charge in [0.05, 0.1) is 22.4 Å². The second kappa shape index (κ2) is 9.76. The minimum absolute atomic E-state index is 0.0641. The van der Waals surface area contributed by atoms with Gasteiger partial charge in [0.2, 0.25) is 5.91 Å². The molecular weight excluding hydrogens is 536 g/mol. The highest BCUT2D eigenvalue weighted by molar-refractivity contribution is 9.10. The van der Waals surface area contributed by atoms with Gasteiger partial charge in [0.1, 0.15) is 5.60 Å². The summed E-state index contributed by atoms with van der Waals surface area (Å²) in [6.07, 6.45) is 1.54. The number of piperidine rings is 1. The van der Waals surface area contributed by atoms with Crippen LogP contribution in [0, 0.1) is 0 Å². The number of fused-ring (bicyclic) bond motifs is 3. The molecule has 0 spiro atoms. The van der Waals surface area contributed by atoms with Crippen LogP contribution in [0.5, 0.6) is 0 Å². The Labute approximate surface area is 226 Å². The molecule has 0 aliphatic carbocycles. The molecule has 9 heteroatoms. The van der Waals surface area contributed by atoms with Crippen molar-refractivity contribution in [1.29, 1.82) is 0 Å². The largest absolute Gasteiger partial charge is 0.444 e. The lowest BCUT2D eigenvalue weighted by molar-refractivity contribution is -0.121. The summed E-state index contributed by atoms with van der Waals surface area (Å²) < 4.78 is 6.22. The first-order valence-corrected chi connectivity index (χ1v) is 13.3. The molecule has 6 rings (SSSR count). The number of aldehydes is 1. The van der Waals surface area contributed by atoms with Crippen molar-refractivity contribution in [2.24, 2.45) is 5.73 Å². The maximum absolute atomic E-state index is 13.6. The minimum atomic E-state index is -0.714. The van der Waals surface area contributed by atoms with Gasteiger partial charge in [0.25, 0.3) is 0 Å². The first kappa shape index (κ1) is 27.1. The number of piperazine rings is 1. The molecule has 2 atom stereocenters. The van der Waals surface area contributed by atoms with Crippen molar-refractivity contribution in [3.8, 4) is 0 Å². The van der Waals surface area contributed by atoms with Gasteiger partial charge in [-0.25, -0.2) is 4.79 Å². The van der Waals surface area contributed by atoms with Gasteiger partial charge in [0.15, 0.2) is 6.29 Å². The fourth-order valence-corrected chi connectivity index (χ4v) is 5.93. The van der Waals surface area contributed by atoms with Gasteiger partial charge < -0.3 is 20.3 Å². The normalized spacial score (nSPS) is 21.5. The Bertz CT molecular complexity index is 1230. The number of amides is 2. The number of hydrogen-bond acceptors (Lipinski definition) is 6. The summed E-state index contributed by atoms with van der Waals surface area (Å²) in [4.78, 5) is 43.9. The van der Waals surface area contributed by atoms with Crippen molar-refractivity contribution in [3.05, 3.63) is 52.0 Å². The summed E-state index contributed by atoms with van der Waals surface area (Å²) in [6, 6.07) is 12.0. The van der Waals surface area contributed by atoms with E-state index in [4.69, 9.17) is 4.74 Å². The number of anilines is 3. The number of carbonyl (C=O) groups is 3. The third kappa shape index (κ3) is 4.63. The van der Waals surface area contributed by atoms with E-state index in [0.29, 0.717) is 28.8 Å². The summed E-state index contributed by atoms with van der Waals surface area (Å²) >= 11 is 3.45. The Morgan fingerprint density at radius 3 is 2.35 bits per heavy atom. The topological polar surface area (TPSA) is 96.2 Å². The molecule has 2 aromatic rings. The van der Waals surface area contributed by atoms with Crippen molar-refractivity contribution in [1.82, 2.24) is 4.90 Å². The Hall–Kier alpha value is -2.91. The van der Waals surface area contributed by atoms with Gasteiger partial charge in [-0.15, -0.1) is 0 Å². The van der Waals surface area contributed by atoms with Gasteiger partial charge in [-0.1, -0.05) is 12.1 Å². The van der Waals surface area contributed by atoms with Crippen LogP contribution < -0.4 is 15.5 Å². The van der Waals surface area contributed by atoms with Crippen LogP contribution in [-0.4, -0.2) is 61.0 Å². The van der Waals surface area contributed by atoms with Gasteiger partial charge >= 0.3 is 6.09 Å². The summed E-state index contributed by atoms with van der Waals surface area (Å²) in [5.41, 5.74) is 7.04.